The molecule has 0 spiro atoms. The maximum absolute atomic E-state index is 12.8. The summed E-state index contributed by atoms with van der Waals surface area (Å²) in [5, 5.41) is 67.0. The van der Waals surface area contributed by atoms with Gasteiger partial charge in [-0.25, -0.2) is 0 Å². The van der Waals surface area contributed by atoms with Gasteiger partial charge in [-0.3, -0.25) is 4.79 Å². The summed E-state index contributed by atoms with van der Waals surface area (Å²) in [4.78, 5) is 24.9. The highest BCUT2D eigenvalue weighted by Crippen LogP contribution is 2.40. The maximum atomic E-state index is 12.8. The Kier molecular flexibility index (Phi) is 14.1. The standard InChI is InChI=1S/C32H54N2O19/c1-11-23(26-17(48-28(11)44-6)10-45-32(4,53-26)31(41)42)50-29-20(34-13(3)37)27(52-30-22(40)21(39)24(51-30)14(38)8-35)25(16(9-36)47-29)49-18-7-15(43-5)19(33)12(2)46-18/h11-12,14-30,35-36,38-40H,7-10,33H2,1-6H3,(H,34,37)(H,41,42)/t11?,12-,14+,15?,16?,17-,18+,19-,20?,21+,22-,23?,24?,25-,26-,27+,28+,29+,30?,32?/m0/s1. The summed E-state index contributed by atoms with van der Waals surface area (Å²) in [5.74, 6) is -5.07. The van der Waals surface area contributed by atoms with Crippen molar-refractivity contribution in [3.05, 3.63) is 0 Å². The first-order chi connectivity index (χ1) is 25.1. The van der Waals surface area contributed by atoms with Crippen molar-refractivity contribution < 1.29 is 98.1 Å². The summed E-state index contributed by atoms with van der Waals surface area (Å²) in [5.41, 5.74) is 4.11. The number of quaternary nitrogens is 1. The van der Waals surface area contributed by atoms with Crippen LogP contribution >= 0.6 is 0 Å². The van der Waals surface area contributed by atoms with Crippen LogP contribution in [0.3, 0.4) is 0 Å². The van der Waals surface area contributed by atoms with Gasteiger partial charge in [0.1, 0.15) is 85.2 Å². The van der Waals surface area contributed by atoms with Crippen LogP contribution in [0.15, 0.2) is 0 Å². The van der Waals surface area contributed by atoms with E-state index in [1.54, 1.807) is 13.8 Å². The first-order valence-electron chi connectivity index (χ1n) is 17.6. The lowest BCUT2D eigenvalue weighted by atomic mass is 9.90. The molecule has 5 heterocycles. The minimum Gasteiger partial charge on any atom is -0.544 e. The Hall–Kier alpha value is -1.74. The predicted molar refractivity (Wildman–Crippen MR) is 167 cm³/mol. The Morgan fingerprint density at radius 2 is 1.66 bits per heavy atom. The van der Waals surface area contributed by atoms with Crippen LogP contribution in [0.25, 0.3) is 0 Å². The number of hydrogen-bond acceptors (Lipinski definition) is 19. The molecule has 5 saturated heterocycles. The van der Waals surface area contributed by atoms with E-state index in [-0.39, 0.29) is 25.2 Å². The van der Waals surface area contributed by atoms with Gasteiger partial charge in [-0.15, -0.1) is 0 Å². The second-order valence-electron chi connectivity index (χ2n) is 14.2. The number of carbonyl (C=O) groups is 2. The number of fused-ring (bicyclic) bond motifs is 1. The monoisotopic (exact) mass is 770 g/mol. The molecule has 8 unspecified atom stereocenters. The number of carboxylic acid groups (broad SMARTS) is 1. The Balaban J connectivity index is 1.52. The zero-order valence-corrected chi connectivity index (χ0v) is 30.5. The fourth-order valence-corrected chi connectivity index (χ4v) is 7.42. The molecule has 21 heteroatoms. The fraction of sp³-hybridized carbons (Fsp3) is 0.938. The van der Waals surface area contributed by atoms with Gasteiger partial charge in [0.15, 0.2) is 25.2 Å². The lowest BCUT2D eigenvalue weighted by Crippen LogP contribution is -2.74. The first-order valence-corrected chi connectivity index (χ1v) is 17.6. The molecule has 0 radical (unpaired) electrons. The fourth-order valence-electron chi connectivity index (χ4n) is 7.42. The number of methoxy groups -OCH3 is 2. The summed E-state index contributed by atoms with van der Waals surface area (Å²) in [6.07, 6.45) is -19.2. The highest BCUT2D eigenvalue weighted by molar-refractivity contribution is 5.73. The van der Waals surface area contributed by atoms with E-state index in [4.69, 9.17) is 52.1 Å². The number of ether oxygens (including phenoxy) is 11. The molecule has 0 aromatic carbocycles. The molecule has 0 aromatic heterocycles. The van der Waals surface area contributed by atoms with Crippen LogP contribution in [0.2, 0.25) is 0 Å². The second-order valence-corrected chi connectivity index (χ2v) is 14.2. The number of aliphatic carboxylic acids is 1. The molecular weight excluding hydrogens is 716 g/mol. The SMILES string of the molecule is COC1C[C@@H](O[C@H]2C(CO)O[C@H](OC3C(C)[C@H](OC)O[C@H]4COC(C)(C(=O)[O-])O[C@H]34)C(NC(C)=O)[C@H]2OC2OC([C@H](O)CO)[C@H](O)[C@@H]2O)O[C@@H](C)[C@@H]1[NH3+]. The minimum absolute atomic E-state index is 0.199. The molecule has 5 aliphatic heterocycles. The van der Waals surface area contributed by atoms with Crippen molar-refractivity contribution in [2.45, 2.75) is 150 Å². The van der Waals surface area contributed by atoms with Gasteiger partial charge in [-0.2, -0.15) is 0 Å². The molecule has 5 fully saturated rings. The number of hydrogen-bond donors (Lipinski definition) is 7. The van der Waals surface area contributed by atoms with E-state index >= 15 is 0 Å². The molecule has 9 N–H and O–H groups in total. The Morgan fingerprint density at radius 3 is 2.26 bits per heavy atom. The summed E-state index contributed by atoms with van der Waals surface area (Å²) >= 11 is 0. The van der Waals surface area contributed by atoms with Gasteiger partial charge < -0.3 is 98.6 Å². The van der Waals surface area contributed by atoms with Crippen LogP contribution in [0.1, 0.15) is 34.1 Å². The minimum atomic E-state index is -2.18. The molecule has 5 aliphatic rings. The lowest BCUT2D eigenvalue weighted by molar-refractivity contribution is -0.478. The van der Waals surface area contributed by atoms with E-state index in [1.165, 1.54) is 28.1 Å². The van der Waals surface area contributed by atoms with Gasteiger partial charge in [0.2, 0.25) is 11.7 Å². The van der Waals surface area contributed by atoms with Crippen molar-refractivity contribution in [2.24, 2.45) is 5.92 Å². The van der Waals surface area contributed by atoms with E-state index in [0.29, 0.717) is 0 Å². The third-order valence-corrected chi connectivity index (χ3v) is 10.5. The van der Waals surface area contributed by atoms with Crippen molar-refractivity contribution in [1.29, 1.82) is 0 Å². The lowest BCUT2D eigenvalue weighted by Gasteiger charge is -2.53. The van der Waals surface area contributed by atoms with E-state index in [2.05, 4.69) is 11.1 Å². The smallest absolute Gasteiger partial charge is 0.217 e. The topological polar surface area (TPSA) is 300 Å². The molecule has 306 valence electrons. The highest BCUT2D eigenvalue weighted by atomic mass is 16.8. The zero-order valence-electron chi connectivity index (χ0n) is 30.5. The predicted octanol–water partition coefficient (Wildman–Crippen LogP) is -6.19. The molecule has 21 nitrogen and oxygen atoms in total. The maximum Gasteiger partial charge on any atom is 0.217 e. The molecule has 5 rings (SSSR count). The van der Waals surface area contributed by atoms with E-state index < -0.39 is 135 Å². The molecule has 1 amide bonds. The third-order valence-electron chi connectivity index (χ3n) is 10.5. The normalized spacial score (nSPS) is 48.2. The van der Waals surface area contributed by atoms with Gasteiger partial charge in [0.25, 0.3) is 0 Å². The van der Waals surface area contributed by atoms with Gasteiger partial charge in [-0.1, -0.05) is 6.92 Å². The van der Waals surface area contributed by atoms with E-state index in [0.717, 1.165) is 0 Å². The highest BCUT2D eigenvalue weighted by Gasteiger charge is 2.58. The number of aliphatic hydroxyl groups is 5. The van der Waals surface area contributed by atoms with Crippen molar-refractivity contribution in [2.75, 3.05) is 34.0 Å². The molecule has 0 bridgehead atoms. The summed E-state index contributed by atoms with van der Waals surface area (Å²) < 4.78 is 65.8. The number of amides is 1. The number of carbonyl (C=O) groups excluding carboxylic acids is 2. The third kappa shape index (κ3) is 8.81. The molecule has 0 aromatic rings. The van der Waals surface area contributed by atoms with Gasteiger partial charge in [-0.05, 0) is 13.8 Å². The van der Waals surface area contributed by atoms with E-state index in [9.17, 15) is 40.2 Å². The Labute approximate surface area is 305 Å². The van der Waals surface area contributed by atoms with Crippen molar-refractivity contribution in [3.63, 3.8) is 0 Å². The second kappa shape index (κ2) is 17.6. The van der Waals surface area contributed by atoms with Gasteiger partial charge >= 0.3 is 0 Å². The number of nitrogens with one attached hydrogen (secondary N) is 1. The number of carboxylic acids is 1. The Bertz CT molecular complexity index is 1240. The average molecular weight is 771 g/mol. The van der Waals surface area contributed by atoms with Crippen LogP contribution in [-0.2, 0) is 61.7 Å². The molecule has 53 heavy (non-hydrogen) atoms. The molecule has 0 aliphatic carbocycles. The van der Waals surface area contributed by atoms with Crippen LogP contribution in [0.5, 0.6) is 0 Å². The van der Waals surface area contributed by atoms with Crippen LogP contribution in [0.4, 0.5) is 0 Å². The van der Waals surface area contributed by atoms with Crippen molar-refractivity contribution in [3.8, 4) is 0 Å². The van der Waals surface area contributed by atoms with Crippen LogP contribution in [0, 0.1) is 5.92 Å². The largest absolute Gasteiger partial charge is 0.544 e. The van der Waals surface area contributed by atoms with Crippen LogP contribution in [-0.4, -0.2) is 188 Å². The summed E-state index contributed by atoms with van der Waals surface area (Å²) in [6.45, 7) is 4.14. The Morgan fingerprint density at radius 1 is 0.962 bits per heavy atom. The number of aliphatic hydroxyl groups excluding tert-OH is 5. The van der Waals surface area contributed by atoms with Crippen LogP contribution < -0.4 is 16.2 Å². The molecule has 0 saturated carbocycles. The average Bonchev–Trinajstić information content (AvgIpc) is 3.40. The van der Waals surface area contributed by atoms with E-state index in [1.807, 2.05) is 0 Å². The van der Waals surface area contributed by atoms with Gasteiger partial charge in [0.05, 0.1) is 25.9 Å². The molecular formula is C32H54N2O19. The summed E-state index contributed by atoms with van der Waals surface area (Å²) in [6, 6.07) is -1.59. The number of rotatable bonds is 13. The summed E-state index contributed by atoms with van der Waals surface area (Å²) in [7, 11) is 2.93. The van der Waals surface area contributed by atoms with Gasteiger partial charge in [0, 0.05) is 33.5 Å². The first kappa shape index (κ1) is 42.4. The zero-order chi connectivity index (χ0) is 38.9. The van der Waals surface area contributed by atoms with Crippen molar-refractivity contribution >= 4 is 11.9 Å². The van der Waals surface area contributed by atoms with Crippen molar-refractivity contribution in [1.82, 2.24) is 5.32 Å². The quantitative estimate of drug-likeness (QED) is 0.0916. The molecule has 20 atom stereocenters.